The van der Waals surface area contributed by atoms with Crippen molar-refractivity contribution in [3.63, 3.8) is 0 Å². The van der Waals surface area contributed by atoms with Crippen LogP contribution in [-0.2, 0) is 9.59 Å². The molecule has 28 heavy (non-hydrogen) atoms. The van der Waals surface area contributed by atoms with Crippen LogP contribution in [0.15, 0.2) is 18.2 Å². The summed E-state index contributed by atoms with van der Waals surface area (Å²) < 4.78 is 10.9. The van der Waals surface area contributed by atoms with E-state index in [-0.39, 0.29) is 34.8 Å². The van der Waals surface area contributed by atoms with Gasteiger partial charge >= 0.3 is 11.9 Å². The molecule has 0 amide bonds. The van der Waals surface area contributed by atoms with Gasteiger partial charge in [0.05, 0.1) is 17.9 Å². The van der Waals surface area contributed by atoms with Gasteiger partial charge in [-0.1, -0.05) is 33.8 Å². The summed E-state index contributed by atoms with van der Waals surface area (Å²) in [5.74, 6) is -1.00. The van der Waals surface area contributed by atoms with Crippen LogP contribution in [0, 0.1) is 11.8 Å². The topological polar surface area (TPSA) is 84.9 Å². The molecule has 2 N–H and O–H groups in total. The second-order valence-corrected chi connectivity index (χ2v) is 8.31. The van der Waals surface area contributed by atoms with Gasteiger partial charge < -0.3 is 19.9 Å². The van der Waals surface area contributed by atoms with E-state index < -0.39 is 12.1 Å². The zero-order valence-electron chi connectivity index (χ0n) is 18.2. The Morgan fingerprint density at radius 1 is 1.00 bits per heavy atom. The Morgan fingerprint density at radius 3 is 1.96 bits per heavy atom. The van der Waals surface area contributed by atoms with E-state index in [0.29, 0.717) is 24.9 Å². The SMILES string of the molecule is CCC(C)C(=O)Oc1ccc(C(O)CNC(C)(C)C)cc1OC(=O)C(C)CC. The lowest BCUT2D eigenvalue weighted by Gasteiger charge is -2.23. The van der Waals surface area contributed by atoms with Crippen molar-refractivity contribution in [2.24, 2.45) is 11.8 Å². The van der Waals surface area contributed by atoms with Crippen LogP contribution in [0.2, 0.25) is 0 Å². The predicted molar refractivity (Wildman–Crippen MR) is 109 cm³/mol. The van der Waals surface area contributed by atoms with Gasteiger partial charge in [0.2, 0.25) is 0 Å². The van der Waals surface area contributed by atoms with Gasteiger partial charge in [-0.3, -0.25) is 9.59 Å². The highest BCUT2D eigenvalue weighted by atomic mass is 16.6. The first-order chi connectivity index (χ1) is 13.0. The van der Waals surface area contributed by atoms with Gasteiger partial charge in [-0.25, -0.2) is 0 Å². The molecule has 0 aromatic heterocycles. The first kappa shape index (κ1) is 24.1. The van der Waals surface area contributed by atoms with Crippen molar-refractivity contribution in [2.45, 2.75) is 73.0 Å². The van der Waals surface area contributed by atoms with Crippen molar-refractivity contribution < 1.29 is 24.2 Å². The molecule has 1 aromatic rings. The highest BCUT2D eigenvalue weighted by Gasteiger charge is 2.22. The summed E-state index contributed by atoms with van der Waals surface area (Å²) in [4.78, 5) is 24.5. The molecular weight excluding hydrogens is 358 g/mol. The van der Waals surface area contributed by atoms with E-state index in [0.717, 1.165) is 0 Å². The van der Waals surface area contributed by atoms with E-state index in [1.165, 1.54) is 0 Å². The number of ether oxygens (including phenoxy) is 2. The molecule has 0 aliphatic carbocycles. The molecule has 6 heteroatoms. The average Bonchev–Trinajstić information content (AvgIpc) is 2.65. The number of aliphatic hydroxyl groups excluding tert-OH is 1. The van der Waals surface area contributed by atoms with Crippen LogP contribution in [-0.4, -0.2) is 29.1 Å². The first-order valence-corrected chi connectivity index (χ1v) is 9.98. The van der Waals surface area contributed by atoms with Crippen LogP contribution >= 0.6 is 0 Å². The maximum Gasteiger partial charge on any atom is 0.314 e. The van der Waals surface area contributed by atoms with Crippen molar-refractivity contribution >= 4 is 11.9 Å². The van der Waals surface area contributed by atoms with Crippen molar-refractivity contribution in [3.8, 4) is 11.5 Å². The Hall–Kier alpha value is -1.92. The van der Waals surface area contributed by atoms with Gasteiger partial charge in [0, 0.05) is 12.1 Å². The molecule has 0 radical (unpaired) electrons. The molecule has 0 bridgehead atoms. The molecule has 6 nitrogen and oxygen atoms in total. The minimum Gasteiger partial charge on any atom is -0.422 e. The zero-order chi connectivity index (χ0) is 21.5. The summed E-state index contributed by atoms with van der Waals surface area (Å²) >= 11 is 0. The fourth-order valence-electron chi connectivity index (χ4n) is 2.17. The number of carbonyl (C=O) groups is 2. The summed E-state index contributed by atoms with van der Waals surface area (Å²) in [6.45, 7) is 13.7. The average molecular weight is 394 g/mol. The number of benzene rings is 1. The first-order valence-electron chi connectivity index (χ1n) is 9.98. The van der Waals surface area contributed by atoms with Gasteiger partial charge in [-0.2, -0.15) is 0 Å². The molecule has 0 heterocycles. The van der Waals surface area contributed by atoms with Gasteiger partial charge in [0.1, 0.15) is 0 Å². The molecule has 3 unspecified atom stereocenters. The van der Waals surface area contributed by atoms with Crippen LogP contribution in [0.25, 0.3) is 0 Å². The van der Waals surface area contributed by atoms with Gasteiger partial charge in [0.15, 0.2) is 11.5 Å². The Balaban J connectivity index is 3.11. The standard InChI is InChI=1S/C22H35NO5/c1-8-14(3)20(25)27-18-11-10-16(17(24)13-23-22(5,6)7)12-19(18)28-21(26)15(4)9-2/h10-12,14-15,17,23-24H,8-9,13H2,1-7H3. The maximum atomic E-state index is 12.3. The van der Waals surface area contributed by atoms with Crippen LogP contribution in [0.3, 0.4) is 0 Å². The quantitative estimate of drug-likeness (QED) is 0.487. The van der Waals surface area contributed by atoms with Crippen LogP contribution in [0.1, 0.15) is 73.0 Å². The minimum absolute atomic E-state index is 0.140. The van der Waals surface area contributed by atoms with Gasteiger partial charge in [-0.15, -0.1) is 0 Å². The smallest absolute Gasteiger partial charge is 0.314 e. The van der Waals surface area contributed by atoms with Gasteiger partial charge in [0.25, 0.3) is 0 Å². The summed E-state index contributed by atoms with van der Waals surface area (Å²) in [7, 11) is 0. The van der Waals surface area contributed by atoms with Crippen molar-refractivity contribution in [3.05, 3.63) is 23.8 Å². The second kappa shape index (κ2) is 10.6. The second-order valence-electron chi connectivity index (χ2n) is 8.31. The van der Waals surface area contributed by atoms with Crippen molar-refractivity contribution in [1.82, 2.24) is 5.32 Å². The number of nitrogens with one attached hydrogen (secondary N) is 1. The normalized spacial score (nSPS) is 14.9. The highest BCUT2D eigenvalue weighted by Crippen LogP contribution is 2.32. The maximum absolute atomic E-state index is 12.3. The van der Waals surface area contributed by atoms with Crippen LogP contribution in [0.4, 0.5) is 0 Å². The van der Waals surface area contributed by atoms with Crippen LogP contribution in [0.5, 0.6) is 11.5 Å². The van der Waals surface area contributed by atoms with Crippen molar-refractivity contribution in [1.29, 1.82) is 0 Å². The molecule has 0 spiro atoms. The number of rotatable bonds is 9. The van der Waals surface area contributed by atoms with E-state index in [1.807, 2.05) is 34.6 Å². The Morgan fingerprint density at radius 2 is 1.50 bits per heavy atom. The summed E-state index contributed by atoms with van der Waals surface area (Å²) in [5.41, 5.74) is 0.436. The van der Waals surface area contributed by atoms with Gasteiger partial charge in [-0.05, 0) is 51.3 Å². The number of aliphatic hydroxyl groups is 1. The third-order valence-corrected chi connectivity index (χ3v) is 4.63. The zero-order valence-corrected chi connectivity index (χ0v) is 18.2. The summed E-state index contributed by atoms with van der Waals surface area (Å²) in [5, 5.41) is 13.7. The molecule has 0 saturated heterocycles. The summed E-state index contributed by atoms with van der Waals surface area (Å²) in [6, 6.07) is 4.80. The molecule has 158 valence electrons. The lowest BCUT2D eigenvalue weighted by atomic mass is 10.1. The number of hydrogen-bond donors (Lipinski definition) is 2. The predicted octanol–water partition coefficient (Wildman–Crippen LogP) is 4.01. The molecule has 3 atom stereocenters. The number of carbonyl (C=O) groups excluding carboxylic acids is 2. The summed E-state index contributed by atoms with van der Waals surface area (Å²) in [6.07, 6.45) is 0.494. The van der Waals surface area contributed by atoms with E-state index in [2.05, 4.69) is 5.32 Å². The Labute approximate surface area is 168 Å². The molecule has 0 aliphatic heterocycles. The highest BCUT2D eigenvalue weighted by molar-refractivity contribution is 5.78. The molecule has 0 aliphatic rings. The number of hydrogen-bond acceptors (Lipinski definition) is 6. The lowest BCUT2D eigenvalue weighted by molar-refractivity contribution is -0.141. The number of β-amino-alcohol motifs (C(OH)–C–C–N with tert-alkyl or cyclic N) is 1. The van der Waals surface area contributed by atoms with E-state index >= 15 is 0 Å². The third-order valence-electron chi connectivity index (χ3n) is 4.63. The van der Waals surface area contributed by atoms with Crippen molar-refractivity contribution in [2.75, 3.05) is 6.54 Å². The molecular formula is C22H35NO5. The lowest BCUT2D eigenvalue weighted by Crippen LogP contribution is -2.38. The minimum atomic E-state index is -0.792. The number of esters is 2. The molecule has 0 fully saturated rings. The van der Waals surface area contributed by atoms with Crippen LogP contribution < -0.4 is 14.8 Å². The molecule has 1 aromatic carbocycles. The molecule has 1 rings (SSSR count). The Kier molecular flexibility index (Phi) is 9.11. The van der Waals surface area contributed by atoms with E-state index in [1.54, 1.807) is 32.0 Å². The third kappa shape index (κ3) is 7.60. The Bertz CT molecular complexity index is 665. The monoisotopic (exact) mass is 393 g/mol. The molecule has 0 saturated carbocycles. The fraction of sp³-hybridized carbons (Fsp3) is 0.636. The largest absolute Gasteiger partial charge is 0.422 e. The van der Waals surface area contributed by atoms with E-state index in [9.17, 15) is 14.7 Å². The fourth-order valence-corrected chi connectivity index (χ4v) is 2.17. The van der Waals surface area contributed by atoms with E-state index in [4.69, 9.17) is 9.47 Å².